The van der Waals surface area contributed by atoms with Crippen molar-refractivity contribution in [3.63, 3.8) is 0 Å². The summed E-state index contributed by atoms with van der Waals surface area (Å²) in [7, 11) is 1.70. The van der Waals surface area contributed by atoms with Gasteiger partial charge in [0.2, 0.25) is 0 Å². The Morgan fingerprint density at radius 1 is 1.18 bits per heavy atom. The van der Waals surface area contributed by atoms with Gasteiger partial charge in [-0.1, -0.05) is 29.8 Å². The number of benzene rings is 2. The van der Waals surface area contributed by atoms with Crippen LogP contribution in [0.5, 0.6) is 5.75 Å². The van der Waals surface area contributed by atoms with Gasteiger partial charge in [0, 0.05) is 28.6 Å². The second-order valence-electron chi connectivity index (χ2n) is 5.24. The molecule has 0 unspecified atom stereocenters. The smallest absolute Gasteiger partial charge is 0.122 e. The maximum atomic E-state index is 5.84. The molecule has 0 atom stereocenters. The number of anilines is 1. The summed E-state index contributed by atoms with van der Waals surface area (Å²) in [6.07, 6.45) is 0.776. The lowest BCUT2D eigenvalue weighted by Gasteiger charge is -2.08. The van der Waals surface area contributed by atoms with E-state index < -0.39 is 0 Å². The quantitative estimate of drug-likeness (QED) is 0.731. The Morgan fingerprint density at radius 3 is 2.82 bits per heavy atom. The van der Waals surface area contributed by atoms with Crippen molar-refractivity contribution in [2.75, 3.05) is 12.8 Å². The number of hydrogen-bond donors (Lipinski definition) is 1. The molecule has 0 aliphatic rings. The third-order valence-electron chi connectivity index (χ3n) is 3.51. The normalized spacial score (nSPS) is 10.6. The highest BCUT2D eigenvalue weighted by Crippen LogP contribution is 2.27. The second-order valence-corrected chi connectivity index (χ2v) is 6.19. The van der Waals surface area contributed by atoms with Crippen LogP contribution in [0.15, 0.2) is 47.8 Å². The summed E-state index contributed by atoms with van der Waals surface area (Å²) >= 11 is 1.66. The minimum Gasteiger partial charge on any atom is -0.496 e. The van der Waals surface area contributed by atoms with Crippen LogP contribution in [0.25, 0.3) is 11.3 Å². The van der Waals surface area contributed by atoms with Crippen molar-refractivity contribution >= 4 is 17.0 Å². The first-order chi connectivity index (χ1) is 10.7. The van der Waals surface area contributed by atoms with Crippen LogP contribution in [0.4, 0.5) is 5.69 Å². The number of thiazole rings is 1. The summed E-state index contributed by atoms with van der Waals surface area (Å²) in [5, 5.41) is 3.15. The van der Waals surface area contributed by atoms with E-state index in [9.17, 15) is 0 Å². The Bertz CT molecular complexity index is 795. The van der Waals surface area contributed by atoms with E-state index in [1.54, 1.807) is 18.4 Å². The SMILES string of the molecule is COc1ccc(C)cc1Cc1nc(-c2cccc(N)c2)cs1. The predicted octanol–water partition coefficient (Wildman–Crippen LogP) is 4.30. The number of aromatic nitrogens is 1. The second kappa shape index (κ2) is 6.20. The van der Waals surface area contributed by atoms with Crippen molar-refractivity contribution in [2.45, 2.75) is 13.3 Å². The minimum absolute atomic E-state index is 0.757. The topological polar surface area (TPSA) is 48.1 Å². The van der Waals surface area contributed by atoms with Gasteiger partial charge in [-0.3, -0.25) is 0 Å². The molecule has 0 saturated carbocycles. The number of rotatable bonds is 4. The lowest BCUT2D eigenvalue weighted by atomic mass is 10.1. The van der Waals surface area contributed by atoms with Crippen LogP contribution < -0.4 is 10.5 Å². The first kappa shape index (κ1) is 14.6. The van der Waals surface area contributed by atoms with E-state index >= 15 is 0 Å². The largest absolute Gasteiger partial charge is 0.496 e. The molecule has 2 aromatic carbocycles. The molecule has 0 aliphatic carbocycles. The van der Waals surface area contributed by atoms with E-state index in [0.29, 0.717) is 0 Å². The molecule has 2 N–H and O–H groups in total. The molecule has 3 aromatic rings. The molecular formula is C18H18N2OS. The molecule has 0 radical (unpaired) electrons. The van der Waals surface area contributed by atoms with Crippen molar-refractivity contribution in [1.29, 1.82) is 0 Å². The first-order valence-electron chi connectivity index (χ1n) is 7.09. The molecule has 112 valence electrons. The van der Waals surface area contributed by atoms with Crippen LogP contribution in [0.3, 0.4) is 0 Å². The monoisotopic (exact) mass is 310 g/mol. The Morgan fingerprint density at radius 2 is 2.05 bits per heavy atom. The zero-order chi connectivity index (χ0) is 15.5. The molecule has 1 aromatic heterocycles. The molecule has 3 rings (SSSR count). The zero-order valence-electron chi connectivity index (χ0n) is 12.7. The maximum absolute atomic E-state index is 5.84. The molecule has 0 saturated heterocycles. The standard InChI is InChI=1S/C18H18N2OS/c1-12-6-7-17(21-2)14(8-12)10-18-20-16(11-22-18)13-4-3-5-15(19)9-13/h3-9,11H,10,19H2,1-2H3. The molecule has 0 aliphatic heterocycles. The van der Waals surface area contributed by atoms with Gasteiger partial charge in [0.05, 0.1) is 17.8 Å². The third kappa shape index (κ3) is 3.12. The van der Waals surface area contributed by atoms with Crippen LogP contribution in [0, 0.1) is 6.92 Å². The number of nitrogens with zero attached hydrogens (tertiary/aromatic N) is 1. The molecule has 4 heteroatoms. The highest BCUT2D eigenvalue weighted by atomic mass is 32.1. The van der Waals surface area contributed by atoms with Gasteiger partial charge < -0.3 is 10.5 Å². The summed E-state index contributed by atoms with van der Waals surface area (Å²) in [6.45, 7) is 2.09. The van der Waals surface area contributed by atoms with Crippen molar-refractivity contribution in [3.8, 4) is 17.0 Å². The molecule has 1 heterocycles. The zero-order valence-corrected chi connectivity index (χ0v) is 13.5. The molecular weight excluding hydrogens is 292 g/mol. The van der Waals surface area contributed by atoms with Gasteiger partial charge in [0.15, 0.2) is 0 Å². The molecule has 0 fully saturated rings. The molecule has 0 amide bonds. The van der Waals surface area contributed by atoms with Crippen LogP contribution in [0.2, 0.25) is 0 Å². The van der Waals surface area contributed by atoms with Crippen LogP contribution >= 0.6 is 11.3 Å². The number of nitrogens with two attached hydrogens (primary N) is 1. The van der Waals surface area contributed by atoms with Crippen molar-refractivity contribution in [1.82, 2.24) is 4.98 Å². The predicted molar refractivity (Wildman–Crippen MR) is 92.5 cm³/mol. The van der Waals surface area contributed by atoms with E-state index in [1.807, 2.05) is 30.3 Å². The maximum Gasteiger partial charge on any atom is 0.122 e. The Labute approximate surface area is 134 Å². The van der Waals surface area contributed by atoms with Gasteiger partial charge in [-0.15, -0.1) is 11.3 Å². The number of hydrogen-bond acceptors (Lipinski definition) is 4. The summed E-state index contributed by atoms with van der Waals surface area (Å²) < 4.78 is 5.44. The van der Waals surface area contributed by atoms with Gasteiger partial charge in [-0.05, 0) is 25.1 Å². The van der Waals surface area contributed by atoms with E-state index in [1.165, 1.54) is 5.56 Å². The fraction of sp³-hybridized carbons (Fsp3) is 0.167. The number of aryl methyl sites for hydroxylation is 1. The van der Waals surface area contributed by atoms with E-state index in [-0.39, 0.29) is 0 Å². The third-order valence-corrected chi connectivity index (χ3v) is 4.36. The van der Waals surface area contributed by atoms with E-state index in [2.05, 4.69) is 24.4 Å². The van der Waals surface area contributed by atoms with Gasteiger partial charge in [0.1, 0.15) is 5.75 Å². The number of ether oxygens (including phenoxy) is 1. The highest BCUT2D eigenvalue weighted by molar-refractivity contribution is 7.10. The summed E-state index contributed by atoms with van der Waals surface area (Å²) in [4.78, 5) is 4.73. The Balaban J connectivity index is 1.87. The number of nitrogen functional groups attached to an aromatic ring is 1. The fourth-order valence-corrected chi connectivity index (χ4v) is 3.26. The van der Waals surface area contributed by atoms with Crippen LogP contribution in [0.1, 0.15) is 16.1 Å². The minimum atomic E-state index is 0.757. The summed E-state index contributed by atoms with van der Waals surface area (Å²) in [5.41, 5.74) is 11.0. The van der Waals surface area contributed by atoms with Crippen LogP contribution in [-0.2, 0) is 6.42 Å². The molecule has 22 heavy (non-hydrogen) atoms. The first-order valence-corrected chi connectivity index (χ1v) is 7.97. The van der Waals surface area contributed by atoms with E-state index in [4.69, 9.17) is 15.5 Å². The van der Waals surface area contributed by atoms with E-state index in [0.717, 1.165) is 39.7 Å². The average molecular weight is 310 g/mol. The van der Waals surface area contributed by atoms with Gasteiger partial charge in [-0.25, -0.2) is 4.98 Å². The van der Waals surface area contributed by atoms with Crippen molar-refractivity contribution in [2.24, 2.45) is 0 Å². The Hall–Kier alpha value is -2.33. The molecule has 3 nitrogen and oxygen atoms in total. The van der Waals surface area contributed by atoms with Gasteiger partial charge in [0.25, 0.3) is 0 Å². The van der Waals surface area contributed by atoms with Crippen molar-refractivity contribution < 1.29 is 4.74 Å². The lowest BCUT2D eigenvalue weighted by molar-refractivity contribution is 0.410. The average Bonchev–Trinajstić information content (AvgIpc) is 2.96. The summed E-state index contributed by atoms with van der Waals surface area (Å²) in [5.74, 6) is 0.909. The molecule has 0 bridgehead atoms. The van der Waals surface area contributed by atoms with Gasteiger partial charge in [-0.2, -0.15) is 0 Å². The lowest BCUT2D eigenvalue weighted by Crippen LogP contribution is -1.94. The summed E-state index contributed by atoms with van der Waals surface area (Å²) in [6, 6.07) is 14.0. The van der Waals surface area contributed by atoms with Gasteiger partial charge >= 0.3 is 0 Å². The highest BCUT2D eigenvalue weighted by Gasteiger charge is 2.09. The Kier molecular flexibility index (Phi) is 4.11. The fourth-order valence-electron chi connectivity index (χ4n) is 2.43. The van der Waals surface area contributed by atoms with Crippen LogP contribution in [-0.4, -0.2) is 12.1 Å². The van der Waals surface area contributed by atoms with Crippen molar-refractivity contribution in [3.05, 3.63) is 64.0 Å². The molecule has 0 spiro atoms. The number of methoxy groups -OCH3 is 1.